The van der Waals surface area contributed by atoms with E-state index in [2.05, 4.69) is 10.6 Å². The zero-order valence-corrected chi connectivity index (χ0v) is 9.35. The van der Waals surface area contributed by atoms with Gasteiger partial charge in [-0.3, -0.25) is 0 Å². The fourth-order valence-corrected chi connectivity index (χ4v) is 2.05. The monoisotopic (exact) mass is 244 g/mol. The molecule has 1 saturated heterocycles. The largest absolute Gasteiger partial charge is 0.418 e. The zero-order valence-electron chi connectivity index (χ0n) is 9.35. The Hall–Kier alpha value is -1.23. The molecule has 1 aromatic rings. The fraction of sp³-hybridized carbons (Fsp3) is 0.500. The second kappa shape index (κ2) is 4.96. The molecule has 0 aliphatic carbocycles. The Balaban J connectivity index is 2.04. The van der Waals surface area contributed by atoms with Gasteiger partial charge in [0.15, 0.2) is 0 Å². The molecule has 0 spiro atoms. The molecule has 2 rings (SSSR count). The van der Waals surface area contributed by atoms with Crippen LogP contribution in [-0.2, 0) is 6.18 Å². The molecule has 17 heavy (non-hydrogen) atoms. The molecule has 1 unspecified atom stereocenters. The van der Waals surface area contributed by atoms with Gasteiger partial charge in [-0.05, 0) is 31.5 Å². The predicted octanol–water partition coefficient (Wildman–Crippen LogP) is 2.87. The van der Waals surface area contributed by atoms with Gasteiger partial charge in [0.1, 0.15) is 0 Å². The highest BCUT2D eigenvalue weighted by atomic mass is 19.4. The van der Waals surface area contributed by atoms with Crippen molar-refractivity contribution in [2.24, 2.45) is 0 Å². The Morgan fingerprint density at radius 2 is 2.06 bits per heavy atom. The van der Waals surface area contributed by atoms with E-state index in [-0.39, 0.29) is 11.7 Å². The van der Waals surface area contributed by atoms with Crippen LogP contribution in [0.1, 0.15) is 18.4 Å². The third-order valence-corrected chi connectivity index (χ3v) is 2.93. The molecule has 5 heteroatoms. The van der Waals surface area contributed by atoms with E-state index < -0.39 is 11.7 Å². The first kappa shape index (κ1) is 12.2. The van der Waals surface area contributed by atoms with Gasteiger partial charge in [0.25, 0.3) is 0 Å². The first-order chi connectivity index (χ1) is 8.07. The molecule has 0 radical (unpaired) electrons. The smallest absolute Gasteiger partial charge is 0.383 e. The molecule has 1 aromatic carbocycles. The summed E-state index contributed by atoms with van der Waals surface area (Å²) in [5, 5.41) is 6.12. The summed E-state index contributed by atoms with van der Waals surface area (Å²) < 4.78 is 38.1. The van der Waals surface area contributed by atoms with Crippen molar-refractivity contribution in [3.05, 3.63) is 29.8 Å². The number of para-hydroxylation sites is 1. The molecule has 1 aliphatic rings. The molecule has 0 amide bonds. The number of rotatable bonds is 3. The minimum absolute atomic E-state index is 0.161. The van der Waals surface area contributed by atoms with Crippen LogP contribution in [0.2, 0.25) is 0 Å². The minimum Gasteiger partial charge on any atom is -0.383 e. The molecule has 1 aliphatic heterocycles. The average molecular weight is 244 g/mol. The lowest BCUT2D eigenvalue weighted by Crippen LogP contribution is -2.29. The summed E-state index contributed by atoms with van der Waals surface area (Å²) in [5.41, 5.74) is -0.438. The zero-order chi connectivity index (χ0) is 12.3. The van der Waals surface area contributed by atoms with Gasteiger partial charge in [-0.2, -0.15) is 13.2 Å². The van der Waals surface area contributed by atoms with Crippen LogP contribution in [0.5, 0.6) is 0 Å². The first-order valence-electron chi connectivity index (χ1n) is 5.71. The third kappa shape index (κ3) is 3.12. The second-order valence-corrected chi connectivity index (χ2v) is 4.22. The van der Waals surface area contributed by atoms with E-state index >= 15 is 0 Å². The quantitative estimate of drug-likeness (QED) is 0.854. The summed E-state index contributed by atoms with van der Waals surface area (Å²) >= 11 is 0. The van der Waals surface area contributed by atoms with Gasteiger partial charge in [-0.1, -0.05) is 12.1 Å². The van der Waals surface area contributed by atoms with Crippen LogP contribution >= 0.6 is 0 Å². The maximum absolute atomic E-state index is 12.7. The van der Waals surface area contributed by atoms with Crippen molar-refractivity contribution in [1.29, 1.82) is 0 Å². The highest BCUT2D eigenvalue weighted by Crippen LogP contribution is 2.34. The Morgan fingerprint density at radius 3 is 2.71 bits per heavy atom. The lowest BCUT2D eigenvalue weighted by Gasteiger charge is -2.17. The molecule has 2 nitrogen and oxygen atoms in total. The summed E-state index contributed by atoms with van der Waals surface area (Å²) in [6.45, 7) is 1.49. The van der Waals surface area contributed by atoms with E-state index in [4.69, 9.17) is 0 Å². The van der Waals surface area contributed by atoms with Crippen LogP contribution in [-0.4, -0.2) is 19.1 Å². The molecule has 0 aromatic heterocycles. The molecule has 94 valence electrons. The predicted molar refractivity (Wildman–Crippen MR) is 61.0 cm³/mol. The fourth-order valence-electron chi connectivity index (χ4n) is 2.05. The van der Waals surface area contributed by atoms with Gasteiger partial charge < -0.3 is 10.6 Å². The van der Waals surface area contributed by atoms with Crippen molar-refractivity contribution in [3.63, 3.8) is 0 Å². The van der Waals surface area contributed by atoms with Crippen molar-refractivity contribution in [2.45, 2.75) is 25.1 Å². The van der Waals surface area contributed by atoms with Crippen LogP contribution in [0.25, 0.3) is 0 Å². The molecule has 2 N–H and O–H groups in total. The Bertz CT molecular complexity index is 370. The normalized spacial score (nSPS) is 20.5. The topological polar surface area (TPSA) is 24.1 Å². The maximum Gasteiger partial charge on any atom is 0.418 e. The lowest BCUT2D eigenvalue weighted by atomic mass is 10.1. The molecule has 1 fully saturated rings. The van der Waals surface area contributed by atoms with E-state index in [1.165, 1.54) is 12.1 Å². The Kier molecular flexibility index (Phi) is 3.57. The van der Waals surface area contributed by atoms with Gasteiger partial charge in [-0.25, -0.2) is 0 Å². The molecule has 1 atom stereocenters. The average Bonchev–Trinajstić information content (AvgIpc) is 2.78. The number of benzene rings is 1. The van der Waals surface area contributed by atoms with Crippen molar-refractivity contribution < 1.29 is 13.2 Å². The van der Waals surface area contributed by atoms with Crippen LogP contribution in [0.3, 0.4) is 0 Å². The summed E-state index contributed by atoms with van der Waals surface area (Å²) in [7, 11) is 0. The van der Waals surface area contributed by atoms with Crippen molar-refractivity contribution in [2.75, 3.05) is 18.4 Å². The lowest BCUT2D eigenvalue weighted by molar-refractivity contribution is -0.136. The first-order valence-corrected chi connectivity index (χ1v) is 5.71. The van der Waals surface area contributed by atoms with Crippen LogP contribution in [0, 0.1) is 0 Å². The standard InChI is InChI=1S/C12H15F3N2/c13-12(14,15)10-5-1-2-6-11(10)17-8-9-4-3-7-16-9/h1-2,5-6,9,16-17H,3-4,7-8H2. The Labute approximate surface area is 98.2 Å². The van der Waals surface area contributed by atoms with Gasteiger partial charge in [0.05, 0.1) is 5.56 Å². The number of anilines is 1. The van der Waals surface area contributed by atoms with E-state index in [0.29, 0.717) is 6.54 Å². The summed E-state index contributed by atoms with van der Waals surface area (Å²) in [6, 6.07) is 5.86. The van der Waals surface area contributed by atoms with Gasteiger partial charge in [0.2, 0.25) is 0 Å². The number of halogens is 3. The second-order valence-electron chi connectivity index (χ2n) is 4.22. The van der Waals surface area contributed by atoms with Crippen molar-refractivity contribution in [1.82, 2.24) is 5.32 Å². The Morgan fingerprint density at radius 1 is 1.29 bits per heavy atom. The van der Waals surface area contributed by atoms with Crippen molar-refractivity contribution in [3.8, 4) is 0 Å². The van der Waals surface area contributed by atoms with Crippen LogP contribution in [0.15, 0.2) is 24.3 Å². The highest BCUT2D eigenvalue weighted by molar-refractivity contribution is 5.52. The van der Waals surface area contributed by atoms with Gasteiger partial charge in [-0.15, -0.1) is 0 Å². The number of alkyl halides is 3. The summed E-state index contributed by atoms with van der Waals surface area (Å²) in [4.78, 5) is 0. The molecule has 0 saturated carbocycles. The van der Waals surface area contributed by atoms with Gasteiger partial charge in [0, 0.05) is 18.3 Å². The number of hydrogen-bond acceptors (Lipinski definition) is 2. The maximum atomic E-state index is 12.7. The SMILES string of the molecule is FC(F)(F)c1ccccc1NCC1CCCN1. The third-order valence-electron chi connectivity index (χ3n) is 2.93. The molecule has 1 heterocycles. The van der Waals surface area contributed by atoms with E-state index in [1.807, 2.05) is 0 Å². The van der Waals surface area contributed by atoms with Crippen molar-refractivity contribution >= 4 is 5.69 Å². The van der Waals surface area contributed by atoms with Gasteiger partial charge >= 0.3 is 6.18 Å². The summed E-state index contributed by atoms with van der Waals surface area (Å²) in [6.07, 6.45) is -2.19. The van der Waals surface area contributed by atoms with E-state index in [0.717, 1.165) is 25.5 Å². The summed E-state index contributed by atoms with van der Waals surface area (Å²) in [5.74, 6) is 0. The molecular formula is C12H15F3N2. The minimum atomic E-state index is -4.30. The van der Waals surface area contributed by atoms with E-state index in [9.17, 15) is 13.2 Å². The van der Waals surface area contributed by atoms with Crippen LogP contribution in [0.4, 0.5) is 18.9 Å². The molecule has 0 bridgehead atoms. The number of hydrogen-bond donors (Lipinski definition) is 2. The highest BCUT2D eigenvalue weighted by Gasteiger charge is 2.33. The van der Waals surface area contributed by atoms with Crippen LogP contribution < -0.4 is 10.6 Å². The number of nitrogens with one attached hydrogen (secondary N) is 2. The molecular weight excluding hydrogens is 229 g/mol. The van der Waals surface area contributed by atoms with E-state index in [1.54, 1.807) is 6.07 Å².